The van der Waals surface area contributed by atoms with Gasteiger partial charge in [0.15, 0.2) is 5.82 Å². The van der Waals surface area contributed by atoms with Crippen LogP contribution in [-0.2, 0) is 13.0 Å². The number of aryl methyl sites for hydroxylation is 1. The van der Waals surface area contributed by atoms with Crippen LogP contribution in [0.5, 0.6) is 0 Å². The molecule has 3 rings (SSSR count). The van der Waals surface area contributed by atoms with Crippen molar-refractivity contribution < 1.29 is 4.52 Å². The lowest BCUT2D eigenvalue weighted by Crippen LogP contribution is -2.23. The van der Waals surface area contributed by atoms with Crippen molar-refractivity contribution in [1.29, 1.82) is 0 Å². The third kappa shape index (κ3) is 2.54. The summed E-state index contributed by atoms with van der Waals surface area (Å²) in [5.41, 5.74) is 2.38. The summed E-state index contributed by atoms with van der Waals surface area (Å²) in [5, 5.41) is 7.40. The molecule has 0 atom stereocenters. The highest BCUT2D eigenvalue weighted by molar-refractivity contribution is 5.70. The molecule has 1 aliphatic rings. The molecule has 2 aromatic rings. The highest BCUT2D eigenvalue weighted by Gasteiger charge is 2.17. The van der Waals surface area contributed by atoms with Gasteiger partial charge in [0, 0.05) is 19.5 Å². The van der Waals surface area contributed by atoms with E-state index in [0.717, 1.165) is 31.8 Å². The molecule has 2 heterocycles. The molecule has 0 amide bonds. The molecule has 5 nitrogen and oxygen atoms in total. The summed E-state index contributed by atoms with van der Waals surface area (Å²) in [6, 6.07) is 8.35. The lowest BCUT2D eigenvalue weighted by molar-refractivity contribution is 0.371. The van der Waals surface area contributed by atoms with Crippen LogP contribution in [0.15, 0.2) is 28.8 Å². The summed E-state index contributed by atoms with van der Waals surface area (Å²) in [4.78, 5) is 6.68. The smallest absolute Gasteiger partial charge is 0.246 e. The van der Waals surface area contributed by atoms with Gasteiger partial charge in [0.2, 0.25) is 5.89 Å². The zero-order chi connectivity index (χ0) is 13.1. The van der Waals surface area contributed by atoms with Gasteiger partial charge in [0.05, 0.1) is 17.9 Å². The van der Waals surface area contributed by atoms with Crippen molar-refractivity contribution in [2.45, 2.75) is 26.3 Å². The van der Waals surface area contributed by atoms with Crippen LogP contribution in [0.4, 0.5) is 11.4 Å². The molecule has 0 saturated heterocycles. The molecule has 1 aromatic heterocycles. The molecule has 5 heteroatoms. The van der Waals surface area contributed by atoms with Crippen LogP contribution in [0.2, 0.25) is 0 Å². The van der Waals surface area contributed by atoms with Gasteiger partial charge < -0.3 is 14.7 Å². The Labute approximate surface area is 112 Å². The Bertz CT molecular complexity index is 552. The first-order chi connectivity index (χ1) is 9.36. The highest BCUT2D eigenvalue weighted by Crippen LogP contribution is 2.28. The number of aromatic nitrogens is 2. The standard InChI is InChI=1S/C14H18N4O/c1-2-13-16-14(19-17-13)10-18-9-5-8-15-11-6-3-4-7-12(11)18/h3-4,6-7,15H,2,5,8-10H2,1H3. The quantitative estimate of drug-likeness (QED) is 0.916. The fraction of sp³-hybridized carbons (Fsp3) is 0.429. The second-order valence-electron chi connectivity index (χ2n) is 4.68. The molecule has 0 radical (unpaired) electrons. The van der Waals surface area contributed by atoms with Gasteiger partial charge in [-0.25, -0.2) is 0 Å². The van der Waals surface area contributed by atoms with Gasteiger partial charge in [-0.15, -0.1) is 0 Å². The maximum Gasteiger partial charge on any atom is 0.246 e. The van der Waals surface area contributed by atoms with E-state index in [-0.39, 0.29) is 0 Å². The SMILES string of the molecule is CCc1noc(CN2CCCNc3ccccc32)n1. The average Bonchev–Trinajstić information content (AvgIpc) is 2.80. The highest BCUT2D eigenvalue weighted by atomic mass is 16.5. The number of fused-ring (bicyclic) bond motifs is 1. The Balaban J connectivity index is 1.83. The number of benzene rings is 1. The lowest BCUT2D eigenvalue weighted by atomic mass is 10.2. The van der Waals surface area contributed by atoms with Crippen LogP contribution in [0.25, 0.3) is 0 Å². The second kappa shape index (κ2) is 5.30. The minimum absolute atomic E-state index is 0.672. The second-order valence-corrected chi connectivity index (χ2v) is 4.68. The van der Waals surface area contributed by atoms with Crippen LogP contribution < -0.4 is 10.2 Å². The third-order valence-corrected chi connectivity index (χ3v) is 3.32. The summed E-state index contributed by atoms with van der Waals surface area (Å²) >= 11 is 0. The number of anilines is 2. The van der Waals surface area contributed by atoms with E-state index in [9.17, 15) is 0 Å². The molecule has 100 valence electrons. The molecule has 0 spiro atoms. The molecule has 0 fully saturated rings. The van der Waals surface area contributed by atoms with Crippen molar-refractivity contribution in [3.05, 3.63) is 36.0 Å². The van der Waals surface area contributed by atoms with E-state index in [1.807, 2.05) is 6.92 Å². The summed E-state index contributed by atoms with van der Waals surface area (Å²) < 4.78 is 5.29. The van der Waals surface area contributed by atoms with Crippen molar-refractivity contribution in [2.75, 3.05) is 23.3 Å². The number of nitrogens with zero attached hydrogens (tertiary/aromatic N) is 3. The maximum atomic E-state index is 5.29. The molecular weight excluding hydrogens is 240 g/mol. The van der Waals surface area contributed by atoms with E-state index in [2.05, 4.69) is 44.6 Å². The van der Waals surface area contributed by atoms with Gasteiger partial charge in [-0.05, 0) is 18.6 Å². The Morgan fingerprint density at radius 1 is 1.37 bits per heavy atom. The molecule has 0 aliphatic carbocycles. The van der Waals surface area contributed by atoms with Gasteiger partial charge in [-0.1, -0.05) is 24.2 Å². The molecule has 1 N–H and O–H groups in total. The first kappa shape index (κ1) is 12.0. The number of para-hydroxylation sites is 2. The average molecular weight is 258 g/mol. The van der Waals surface area contributed by atoms with Gasteiger partial charge in [0.1, 0.15) is 0 Å². The van der Waals surface area contributed by atoms with Crippen molar-refractivity contribution >= 4 is 11.4 Å². The summed E-state index contributed by atoms with van der Waals surface area (Å²) in [6.45, 7) is 4.69. The zero-order valence-electron chi connectivity index (χ0n) is 11.1. The van der Waals surface area contributed by atoms with E-state index >= 15 is 0 Å². The molecule has 1 aliphatic heterocycles. The van der Waals surface area contributed by atoms with E-state index in [4.69, 9.17) is 4.52 Å². The predicted octanol–water partition coefficient (Wildman–Crippen LogP) is 2.45. The van der Waals surface area contributed by atoms with E-state index in [0.29, 0.717) is 12.4 Å². The van der Waals surface area contributed by atoms with Gasteiger partial charge >= 0.3 is 0 Å². The van der Waals surface area contributed by atoms with Gasteiger partial charge in [-0.2, -0.15) is 4.98 Å². The first-order valence-corrected chi connectivity index (χ1v) is 6.76. The van der Waals surface area contributed by atoms with Crippen LogP contribution in [0, 0.1) is 0 Å². The molecule has 0 bridgehead atoms. The van der Waals surface area contributed by atoms with Crippen molar-refractivity contribution in [2.24, 2.45) is 0 Å². The summed E-state index contributed by atoms with van der Waals surface area (Å²) in [6.07, 6.45) is 1.91. The Kier molecular flexibility index (Phi) is 3.35. The normalized spacial score (nSPS) is 14.7. The van der Waals surface area contributed by atoms with Crippen LogP contribution in [0.1, 0.15) is 25.1 Å². The fourth-order valence-corrected chi connectivity index (χ4v) is 2.34. The predicted molar refractivity (Wildman–Crippen MR) is 74.3 cm³/mol. The third-order valence-electron chi connectivity index (χ3n) is 3.32. The first-order valence-electron chi connectivity index (χ1n) is 6.76. The molecule has 1 aromatic carbocycles. The Hall–Kier alpha value is -2.04. The van der Waals surface area contributed by atoms with Crippen molar-refractivity contribution in [3.63, 3.8) is 0 Å². The van der Waals surface area contributed by atoms with Gasteiger partial charge in [-0.3, -0.25) is 0 Å². The minimum atomic E-state index is 0.672. The van der Waals surface area contributed by atoms with E-state index in [1.165, 1.54) is 11.4 Å². The van der Waals surface area contributed by atoms with Crippen molar-refractivity contribution in [1.82, 2.24) is 10.1 Å². The van der Waals surface area contributed by atoms with Crippen molar-refractivity contribution in [3.8, 4) is 0 Å². The zero-order valence-corrected chi connectivity index (χ0v) is 11.1. The number of hydrogen-bond donors (Lipinski definition) is 1. The molecule has 0 unspecified atom stereocenters. The minimum Gasteiger partial charge on any atom is -0.383 e. The maximum absolute atomic E-state index is 5.29. The number of rotatable bonds is 3. The summed E-state index contributed by atoms with van der Waals surface area (Å²) in [5.74, 6) is 1.46. The van der Waals surface area contributed by atoms with Crippen LogP contribution >= 0.6 is 0 Å². The molecular formula is C14H18N4O. The van der Waals surface area contributed by atoms with Gasteiger partial charge in [0.25, 0.3) is 0 Å². The Morgan fingerprint density at radius 3 is 3.11 bits per heavy atom. The van der Waals surface area contributed by atoms with Crippen LogP contribution in [-0.4, -0.2) is 23.2 Å². The van der Waals surface area contributed by atoms with Crippen LogP contribution in [0.3, 0.4) is 0 Å². The monoisotopic (exact) mass is 258 g/mol. The topological polar surface area (TPSA) is 54.2 Å². The lowest BCUT2D eigenvalue weighted by Gasteiger charge is -2.22. The fourth-order valence-electron chi connectivity index (χ4n) is 2.34. The largest absolute Gasteiger partial charge is 0.383 e. The Morgan fingerprint density at radius 2 is 2.26 bits per heavy atom. The number of nitrogens with one attached hydrogen (secondary N) is 1. The van der Waals surface area contributed by atoms with E-state index < -0.39 is 0 Å². The van der Waals surface area contributed by atoms with E-state index in [1.54, 1.807) is 0 Å². The molecule has 19 heavy (non-hydrogen) atoms. The summed E-state index contributed by atoms with van der Waals surface area (Å²) in [7, 11) is 0. The number of hydrogen-bond acceptors (Lipinski definition) is 5. The molecule has 0 saturated carbocycles.